The zero-order valence-electron chi connectivity index (χ0n) is 35.6. The fraction of sp³-hybridized carbons (Fsp3) is 0.422. The third-order valence-electron chi connectivity index (χ3n) is 12.6. The molecule has 9 rings (SSSR count). The van der Waals surface area contributed by atoms with E-state index in [0.29, 0.717) is 75.1 Å². The Balaban J connectivity index is 0.787. The Morgan fingerprint density at radius 3 is 2.52 bits per heavy atom. The second-order valence-electron chi connectivity index (χ2n) is 16.9. The minimum absolute atomic E-state index is 0.216. The molecule has 17 nitrogen and oxygen atoms in total. The van der Waals surface area contributed by atoms with Gasteiger partial charge in [-0.2, -0.15) is 18.2 Å². The van der Waals surface area contributed by atoms with Crippen molar-refractivity contribution >= 4 is 17.2 Å². The van der Waals surface area contributed by atoms with Crippen LogP contribution in [-0.2, 0) is 24.6 Å². The summed E-state index contributed by atoms with van der Waals surface area (Å²) in [6, 6.07) is 20.6. The van der Waals surface area contributed by atoms with Crippen LogP contribution in [0.25, 0.3) is 22.6 Å². The number of nitrogens with one attached hydrogen (secondary N) is 2. The van der Waals surface area contributed by atoms with Gasteiger partial charge < -0.3 is 39.9 Å². The summed E-state index contributed by atoms with van der Waals surface area (Å²) in [7, 11) is 0. The van der Waals surface area contributed by atoms with E-state index >= 15 is 0 Å². The molecule has 6 N–H and O–H groups in total. The van der Waals surface area contributed by atoms with Gasteiger partial charge in [-0.3, -0.25) is 14.8 Å². The third-order valence-corrected chi connectivity index (χ3v) is 13.7. The number of fused-ring (bicyclic) bond motifs is 1. The predicted molar refractivity (Wildman–Crippen MR) is 232 cm³/mol. The molecular formula is C45H49F3N10O7S. The van der Waals surface area contributed by atoms with Crippen LogP contribution >= 0.6 is 11.3 Å². The zero-order valence-corrected chi connectivity index (χ0v) is 36.4. The summed E-state index contributed by atoms with van der Waals surface area (Å²) >= 11 is 1.56. The molecule has 66 heavy (non-hydrogen) atoms. The van der Waals surface area contributed by atoms with E-state index in [1.807, 2.05) is 41.9 Å². The molecule has 21 heteroatoms. The minimum Gasteiger partial charge on any atom is -0.493 e. The number of amides is 1. The normalized spacial score (nSPS) is 22.3. The molecule has 3 aliphatic heterocycles. The van der Waals surface area contributed by atoms with E-state index in [2.05, 4.69) is 40.5 Å². The molecule has 0 radical (unpaired) electrons. The molecule has 0 aliphatic carbocycles. The number of benzene rings is 3. The number of aliphatic hydroxyl groups excluding tert-OH is 4. The molecule has 0 spiro atoms. The van der Waals surface area contributed by atoms with Crippen molar-refractivity contribution in [2.45, 2.75) is 87.6 Å². The first-order chi connectivity index (χ1) is 31.8. The molecule has 6 heterocycles. The Labute approximate surface area is 380 Å². The zero-order chi connectivity index (χ0) is 46.0. The lowest BCUT2D eigenvalue weighted by atomic mass is 9.78. The summed E-state index contributed by atoms with van der Waals surface area (Å²) in [5.41, 5.74) is 3.64. The molecular weight excluding hydrogens is 882 g/mol. The van der Waals surface area contributed by atoms with Crippen molar-refractivity contribution in [1.29, 1.82) is 0 Å². The van der Waals surface area contributed by atoms with Crippen LogP contribution in [0.3, 0.4) is 0 Å². The Hall–Kier alpha value is -5.65. The number of hydrogen-bond acceptors (Lipinski definition) is 16. The van der Waals surface area contributed by atoms with Crippen molar-refractivity contribution in [3.63, 3.8) is 0 Å². The summed E-state index contributed by atoms with van der Waals surface area (Å²) in [5, 5.41) is 63.7. The van der Waals surface area contributed by atoms with Crippen LogP contribution in [0, 0.1) is 0 Å². The Morgan fingerprint density at radius 2 is 1.74 bits per heavy atom. The number of alkyl halides is 3. The van der Waals surface area contributed by atoms with Gasteiger partial charge >= 0.3 is 12.1 Å². The lowest BCUT2D eigenvalue weighted by Gasteiger charge is -2.40. The highest BCUT2D eigenvalue weighted by Gasteiger charge is 2.46. The van der Waals surface area contributed by atoms with Crippen LogP contribution in [-0.4, -0.2) is 118 Å². The molecule has 348 valence electrons. The predicted octanol–water partition coefficient (Wildman–Crippen LogP) is 4.63. The molecule has 0 saturated carbocycles. The number of hydrogen-bond donors (Lipinski definition) is 6. The van der Waals surface area contributed by atoms with Crippen LogP contribution < -0.4 is 15.4 Å². The highest BCUT2D eigenvalue weighted by atomic mass is 32.1. The van der Waals surface area contributed by atoms with Crippen LogP contribution in [0.4, 0.5) is 13.2 Å². The van der Waals surface area contributed by atoms with E-state index in [4.69, 9.17) is 9.72 Å². The van der Waals surface area contributed by atoms with Crippen molar-refractivity contribution in [2.24, 2.45) is 0 Å². The largest absolute Gasteiger partial charge is 0.493 e. The second kappa shape index (κ2) is 19.3. The Kier molecular flexibility index (Phi) is 13.3. The van der Waals surface area contributed by atoms with E-state index < -0.39 is 54.3 Å². The minimum atomic E-state index is -4.79. The van der Waals surface area contributed by atoms with Crippen LogP contribution in [0.15, 0.2) is 88.9 Å². The molecule has 2 fully saturated rings. The number of likely N-dealkylation sites (tertiary alicyclic amines) is 1. The Bertz CT molecular complexity index is 2600. The van der Waals surface area contributed by atoms with Gasteiger partial charge in [0.1, 0.15) is 35.7 Å². The fourth-order valence-corrected chi connectivity index (χ4v) is 10.1. The van der Waals surface area contributed by atoms with Gasteiger partial charge in [-0.1, -0.05) is 65.0 Å². The number of thiazole rings is 1. The SMILES string of the molecule is O=C(NCC1(c2nc(-c3ccccc3)cs2)CCN(CCc2cn(CCCOc3cccc4c3C(O)N(C3CCC(O)NC3O)C4O)nn2)CC1)c1cccc(-c2noc(C(F)(F)F)n2)c1. The summed E-state index contributed by atoms with van der Waals surface area (Å²) < 4.78 is 51.6. The van der Waals surface area contributed by atoms with E-state index in [9.17, 15) is 38.4 Å². The number of carbonyl (C=O) groups is 1. The molecule has 1 amide bonds. The second-order valence-corrected chi connectivity index (χ2v) is 17.7. The number of nitrogens with zero attached hydrogens (tertiary/aromatic N) is 8. The first kappa shape index (κ1) is 45.5. The maximum atomic E-state index is 13.6. The number of halogens is 3. The summed E-state index contributed by atoms with van der Waals surface area (Å²) in [6.07, 6.45) is -3.76. The van der Waals surface area contributed by atoms with Gasteiger partial charge in [-0.25, -0.2) is 9.88 Å². The number of carbonyl (C=O) groups excluding carboxylic acids is 1. The smallest absolute Gasteiger partial charge is 0.471 e. The number of aromatic nitrogens is 6. The van der Waals surface area contributed by atoms with Gasteiger partial charge in [0, 0.05) is 77.3 Å². The maximum Gasteiger partial charge on any atom is 0.471 e. The van der Waals surface area contributed by atoms with Crippen molar-refractivity contribution in [1.82, 2.24) is 50.6 Å². The van der Waals surface area contributed by atoms with Gasteiger partial charge in [0.15, 0.2) is 0 Å². The summed E-state index contributed by atoms with van der Waals surface area (Å²) in [5.74, 6) is -1.68. The first-order valence-corrected chi connectivity index (χ1v) is 22.7. The number of aliphatic hydroxyl groups is 4. The van der Waals surface area contributed by atoms with Crippen molar-refractivity contribution < 1.29 is 47.7 Å². The van der Waals surface area contributed by atoms with Gasteiger partial charge in [-0.05, 0) is 57.0 Å². The van der Waals surface area contributed by atoms with Gasteiger partial charge in [0.05, 0.1) is 24.0 Å². The molecule has 2 saturated heterocycles. The third kappa shape index (κ3) is 9.74. The fourth-order valence-electron chi connectivity index (χ4n) is 8.96. The van der Waals surface area contributed by atoms with E-state index in [-0.39, 0.29) is 17.0 Å². The topological polar surface area (TPSA) is 220 Å². The molecule has 6 aromatic rings. The number of rotatable bonds is 15. The highest BCUT2D eigenvalue weighted by molar-refractivity contribution is 7.10. The van der Waals surface area contributed by atoms with Crippen LogP contribution in [0.5, 0.6) is 5.75 Å². The van der Waals surface area contributed by atoms with E-state index in [0.717, 1.165) is 41.6 Å². The molecule has 3 aromatic carbocycles. The van der Waals surface area contributed by atoms with Gasteiger partial charge in [-0.15, -0.1) is 16.4 Å². The Morgan fingerprint density at radius 1 is 0.955 bits per heavy atom. The monoisotopic (exact) mass is 930 g/mol. The van der Waals surface area contributed by atoms with E-state index in [1.54, 1.807) is 46.4 Å². The number of piperidine rings is 2. The van der Waals surface area contributed by atoms with Crippen molar-refractivity contribution in [3.8, 4) is 28.4 Å². The first-order valence-electron chi connectivity index (χ1n) is 21.8. The van der Waals surface area contributed by atoms with Crippen LogP contribution in [0.2, 0.25) is 0 Å². The number of ether oxygens (including phenoxy) is 1. The number of aryl methyl sites for hydroxylation is 1. The summed E-state index contributed by atoms with van der Waals surface area (Å²) in [4.78, 5) is 26.0. The quantitative estimate of drug-likeness (QED) is 0.0774. The highest BCUT2D eigenvalue weighted by Crippen LogP contribution is 2.46. The molecule has 0 bridgehead atoms. The molecule has 3 aromatic heterocycles. The standard InChI is InChI=1S/C45H49F3N10O7S/c46-45(47,48)42-52-37(54-65-42)28-9-4-10-29(23-28)38(60)49-26-44(43-50-32(25-66-43)27-7-2-1-3-8-27)16-20-56(21-17-44)19-15-30-24-57(55-53-30)18-6-22-64-34-12-5-11-31-36(34)41(63)58(40(31)62)33-13-14-35(59)51-39(33)61/h1-5,7-12,23-25,33,35,39-41,51,59,61-63H,6,13-22,26H2,(H,49,60). The average Bonchev–Trinajstić information content (AvgIpc) is 4.16. The van der Waals surface area contributed by atoms with Crippen molar-refractivity contribution in [3.05, 3.63) is 118 Å². The van der Waals surface area contributed by atoms with E-state index in [1.165, 1.54) is 17.0 Å². The summed E-state index contributed by atoms with van der Waals surface area (Å²) in [6.45, 7) is 3.38. The van der Waals surface area contributed by atoms with Gasteiger partial charge in [0.25, 0.3) is 5.91 Å². The average molecular weight is 931 g/mol. The van der Waals surface area contributed by atoms with Crippen LogP contribution in [0.1, 0.15) is 82.6 Å². The lowest BCUT2D eigenvalue weighted by molar-refractivity contribution is -0.159. The molecule has 5 unspecified atom stereocenters. The van der Waals surface area contributed by atoms with Gasteiger partial charge in [0.2, 0.25) is 5.82 Å². The molecule has 5 atom stereocenters. The maximum absolute atomic E-state index is 13.6. The van der Waals surface area contributed by atoms with Crippen molar-refractivity contribution in [2.75, 3.05) is 32.8 Å². The molecule has 3 aliphatic rings. The lowest BCUT2D eigenvalue weighted by Crippen LogP contribution is -2.57.